The summed E-state index contributed by atoms with van der Waals surface area (Å²) >= 11 is 12.2. The van der Waals surface area contributed by atoms with E-state index in [0.717, 1.165) is 11.1 Å². The maximum atomic E-state index is 6.21. The molecule has 0 amide bonds. The molecule has 0 spiro atoms. The van der Waals surface area contributed by atoms with Gasteiger partial charge in [0.2, 0.25) is 0 Å². The summed E-state index contributed by atoms with van der Waals surface area (Å²) in [7, 11) is 1.59. The van der Waals surface area contributed by atoms with E-state index < -0.39 is 0 Å². The minimum Gasteiger partial charge on any atom is -0.496 e. The number of benzene rings is 2. The van der Waals surface area contributed by atoms with Crippen LogP contribution >= 0.6 is 23.2 Å². The smallest absolute Gasteiger partial charge is 0.125 e. The number of hydrogen-bond donors (Lipinski definition) is 2. The zero-order chi connectivity index (χ0) is 13.8. The highest BCUT2D eigenvalue weighted by molar-refractivity contribution is 6.31. The van der Waals surface area contributed by atoms with E-state index in [-0.39, 0.29) is 6.04 Å². The summed E-state index contributed by atoms with van der Waals surface area (Å²) in [5, 5.41) is 1.25. The number of hydrogen-bond acceptors (Lipinski definition) is 3. The van der Waals surface area contributed by atoms with Crippen LogP contribution in [0.1, 0.15) is 17.2 Å². The fourth-order valence-corrected chi connectivity index (χ4v) is 2.39. The van der Waals surface area contributed by atoms with Gasteiger partial charge in [0.15, 0.2) is 0 Å². The van der Waals surface area contributed by atoms with Gasteiger partial charge in [-0.3, -0.25) is 5.84 Å². The van der Waals surface area contributed by atoms with E-state index in [1.165, 1.54) is 0 Å². The average Bonchev–Trinajstić information content (AvgIpc) is 2.43. The molecular formula is C14H14Cl2N2O. The molecule has 100 valence electrons. The third kappa shape index (κ3) is 3.01. The Morgan fingerprint density at radius 2 is 1.84 bits per heavy atom. The molecule has 5 heteroatoms. The van der Waals surface area contributed by atoms with E-state index in [4.69, 9.17) is 33.8 Å². The molecule has 3 N–H and O–H groups in total. The van der Waals surface area contributed by atoms with E-state index in [1.54, 1.807) is 19.2 Å². The Morgan fingerprint density at radius 1 is 1.11 bits per heavy atom. The summed E-state index contributed by atoms with van der Waals surface area (Å²) in [6, 6.07) is 12.7. The topological polar surface area (TPSA) is 47.3 Å². The summed E-state index contributed by atoms with van der Waals surface area (Å²) in [4.78, 5) is 0. The number of halogens is 2. The fourth-order valence-electron chi connectivity index (χ4n) is 1.98. The van der Waals surface area contributed by atoms with Crippen molar-refractivity contribution in [3.05, 3.63) is 63.6 Å². The van der Waals surface area contributed by atoms with Crippen LogP contribution < -0.4 is 16.0 Å². The first-order valence-corrected chi connectivity index (χ1v) is 6.47. The standard InChI is InChI=1S/C14H14Cl2N2O/c1-19-13-8-9(15)6-7-11(13)14(18-17)10-4-2-3-5-12(10)16/h2-8,14,18H,17H2,1H3. The van der Waals surface area contributed by atoms with Crippen LogP contribution in [0.2, 0.25) is 10.0 Å². The van der Waals surface area contributed by atoms with Crippen LogP contribution in [0.3, 0.4) is 0 Å². The van der Waals surface area contributed by atoms with Crippen molar-refractivity contribution in [2.45, 2.75) is 6.04 Å². The quantitative estimate of drug-likeness (QED) is 0.670. The molecule has 2 aromatic carbocycles. The molecule has 3 nitrogen and oxygen atoms in total. The summed E-state index contributed by atoms with van der Waals surface area (Å²) in [5.41, 5.74) is 4.52. The number of nitrogens with two attached hydrogens (primary N) is 1. The van der Waals surface area contributed by atoms with Gasteiger partial charge >= 0.3 is 0 Å². The second kappa shape index (κ2) is 6.26. The first kappa shape index (κ1) is 14.2. The fraction of sp³-hybridized carbons (Fsp3) is 0.143. The average molecular weight is 297 g/mol. The zero-order valence-electron chi connectivity index (χ0n) is 10.4. The van der Waals surface area contributed by atoms with Gasteiger partial charge in [0.05, 0.1) is 13.2 Å². The molecule has 0 fully saturated rings. The molecule has 0 bridgehead atoms. The van der Waals surface area contributed by atoms with Gasteiger partial charge in [-0.1, -0.05) is 47.5 Å². The number of nitrogens with one attached hydrogen (secondary N) is 1. The van der Waals surface area contributed by atoms with Gasteiger partial charge in [0.25, 0.3) is 0 Å². The highest BCUT2D eigenvalue weighted by Gasteiger charge is 2.19. The van der Waals surface area contributed by atoms with E-state index in [0.29, 0.717) is 15.8 Å². The van der Waals surface area contributed by atoms with Crippen molar-refractivity contribution in [2.75, 3.05) is 7.11 Å². The van der Waals surface area contributed by atoms with Gasteiger partial charge in [-0.25, -0.2) is 5.43 Å². The van der Waals surface area contributed by atoms with E-state index in [2.05, 4.69) is 5.43 Å². The molecule has 0 saturated heterocycles. The van der Waals surface area contributed by atoms with Crippen molar-refractivity contribution in [2.24, 2.45) is 5.84 Å². The van der Waals surface area contributed by atoms with Gasteiger partial charge in [-0.05, 0) is 23.8 Å². The molecule has 1 atom stereocenters. The maximum Gasteiger partial charge on any atom is 0.125 e. The van der Waals surface area contributed by atoms with Crippen molar-refractivity contribution >= 4 is 23.2 Å². The van der Waals surface area contributed by atoms with Crippen LogP contribution in [-0.4, -0.2) is 7.11 Å². The van der Waals surface area contributed by atoms with Gasteiger partial charge in [0, 0.05) is 15.6 Å². The summed E-state index contributed by atoms with van der Waals surface area (Å²) in [6.45, 7) is 0. The summed E-state index contributed by atoms with van der Waals surface area (Å²) < 4.78 is 5.35. The Kier molecular flexibility index (Phi) is 4.66. The molecule has 0 aliphatic heterocycles. The lowest BCUT2D eigenvalue weighted by molar-refractivity contribution is 0.404. The molecular weight excluding hydrogens is 283 g/mol. The third-order valence-electron chi connectivity index (χ3n) is 2.89. The third-order valence-corrected chi connectivity index (χ3v) is 3.47. The van der Waals surface area contributed by atoms with Crippen LogP contribution in [0.4, 0.5) is 0 Å². The predicted molar refractivity (Wildman–Crippen MR) is 78.6 cm³/mol. The second-order valence-corrected chi connectivity index (χ2v) is 4.85. The van der Waals surface area contributed by atoms with Gasteiger partial charge in [-0.2, -0.15) is 0 Å². The van der Waals surface area contributed by atoms with Gasteiger partial charge in [-0.15, -0.1) is 0 Å². The van der Waals surface area contributed by atoms with E-state index in [1.807, 2.05) is 30.3 Å². The highest BCUT2D eigenvalue weighted by atomic mass is 35.5. The summed E-state index contributed by atoms with van der Waals surface area (Å²) in [5.74, 6) is 6.33. The minimum atomic E-state index is -0.263. The monoisotopic (exact) mass is 296 g/mol. The second-order valence-electron chi connectivity index (χ2n) is 4.01. The first-order chi connectivity index (χ1) is 9.17. The van der Waals surface area contributed by atoms with Crippen molar-refractivity contribution in [3.8, 4) is 5.75 Å². The molecule has 0 aliphatic rings. The van der Waals surface area contributed by atoms with Crippen LogP contribution in [0.25, 0.3) is 0 Å². The molecule has 0 heterocycles. The Hall–Kier alpha value is -1.26. The molecule has 0 aliphatic carbocycles. The van der Waals surface area contributed by atoms with Crippen LogP contribution in [0, 0.1) is 0 Å². The Bertz CT molecular complexity index is 575. The van der Waals surface area contributed by atoms with E-state index >= 15 is 0 Å². The van der Waals surface area contributed by atoms with Crippen molar-refractivity contribution in [1.82, 2.24) is 5.43 Å². The van der Waals surface area contributed by atoms with Gasteiger partial charge < -0.3 is 4.74 Å². The lowest BCUT2D eigenvalue weighted by Crippen LogP contribution is -2.29. The molecule has 0 saturated carbocycles. The normalized spacial score (nSPS) is 12.2. The van der Waals surface area contributed by atoms with Crippen LogP contribution in [0.5, 0.6) is 5.75 Å². The maximum absolute atomic E-state index is 6.21. The summed E-state index contributed by atoms with van der Waals surface area (Å²) in [6.07, 6.45) is 0. The first-order valence-electron chi connectivity index (χ1n) is 5.71. The van der Waals surface area contributed by atoms with Crippen LogP contribution in [-0.2, 0) is 0 Å². The van der Waals surface area contributed by atoms with Gasteiger partial charge in [0.1, 0.15) is 5.75 Å². The number of ether oxygens (including phenoxy) is 1. The number of rotatable bonds is 4. The minimum absolute atomic E-state index is 0.263. The Morgan fingerprint density at radius 3 is 2.47 bits per heavy atom. The van der Waals surface area contributed by atoms with E-state index in [9.17, 15) is 0 Å². The molecule has 0 radical (unpaired) electrons. The molecule has 19 heavy (non-hydrogen) atoms. The SMILES string of the molecule is COc1cc(Cl)ccc1C(NN)c1ccccc1Cl. The lowest BCUT2D eigenvalue weighted by Gasteiger charge is -2.20. The van der Waals surface area contributed by atoms with Crippen molar-refractivity contribution in [3.63, 3.8) is 0 Å². The number of hydrazine groups is 1. The molecule has 2 rings (SSSR count). The van der Waals surface area contributed by atoms with Crippen molar-refractivity contribution < 1.29 is 4.74 Å². The lowest BCUT2D eigenvalue weighted by atomic mass is 9.98. The highest BCUT2D eigenvalue weighted by Crippen LogP contribution is 2.34. The van der Waals surface area contributed by atoms with Crippen molar-refractivity contribution in [1.29, 1.82) is 0 Å². The Labute approximate surface area is 122 Å². The molecule has 0 aromatic heterocycles. The Balaban J connectivity index is 2.51. The largest absolute Gasteiger partial charge is 0.496 e. The molecule has 2 aromatic rings. The zero-order valence-corrected chi connectivity index (χ0v) is 11.9. The molecule has 1 unspecified atom stereocenters. The number of methoxy groups -OCH3 is 1. The van der Waals surface area contributed by atoms with Crippen LogP contribution in [0.15, 0.2) is 42.5 Å². The predicted octanol–water partition coefficient (Wildman–Crippen LogP) is 3.55.